The van der Waals surface area contributed by atoms with Crippen LogP contribution in [0.1, 0.15) is 0 Å². The second-order valence-corrected chi connectivity index (χ2v) is 3.25. The molecule has 0 aliphatic heterocycles. The number of benzene rings is 1. The first-order valence-electron chi connectivity index (χ1n) is 4.96. The fraction of sp³-hybridized carbons (Fsp3) is 0.273. The fourth-order valence-corrected chi connectivity index (χ4v) is 1.51. The fourth-order valence-electron chi connectivity index (χ4n) is 1.51. The van der Waals surface area contributed by atoms with Crippen molar-refractivity contribution in [2.75, 3.05) is 21.3 Å². The van der Waals surface area contributed by atoms with Crippen LogP contribution >= 0.6 is 0 Å². The van der Waals surface area contributed by atoms with Crippen LogP contribution < -0.4 is 20.0 Å². The molecule has 1 heterocycles. The lowest BCUT2D eigenvalue weighted by molar-refractivity contribution is 0.324. The molecule has 0 bridgehead atoms. The topological polar surface area (TPSA) is 83.9 Å². The van der Waals surface area contributed by atoms with E-state index in [-0.39, 0.29) is 5.89 Å². The van der Waals surface area contributed by atoms with Gasteiger partial charge in [-0.15, -0.1) is 0 Å². The maximum atomic E-state index is 10.8. The summed E-state index contributed by atoms with van der Waals surface area (Å²) in [5.41, 5.74) is 0.482. The highest BCUT2D eigenvalue weighted by Crippen LogP contribution is 2.40. The van der Waals surface area contributed by atoms with Crippen LogP contribution in [0.25, 0.3) is 11.5 Å². The van der Waals surface area contributed by atoms with Crippen molar-refractivity contribution in [2.45, 2.75) is 0 Å². The van der Waals surface area contributed by atoms with Crippen molar-refractivity contribution in [3.63, 3.8) is 0 Å². The van der Waals surface area contributed by atoms with E-state index in [1.165, 1.54) is 21.3 Å². The summed E-state index contributed by atoms with van der Waals surface area (Å²) in [6.45, 7) is 0. The summed E-state index contributed by atoms with van der Waals surface area (Å²) in [5.74, 6) is 0.461. The Morgan fingerprint density at radius 3 is 2.06 bits per heavy atom. The maximum Gasteiger partial charge on any atom is 0.542 e. The van der Waals surface area contributed by atoms with Crippen LogP contribution in [0.4, 0.5) is 0 Å². The predicted molar refractivity (Wildman–Crippen MR) is 60.1 cm³/mol. The molecule has 1 aromatic heterocycles. The van der Waals surface area contributed by atoms with Crippen molar-refractivity contribution in [3.05, 3.63) is 22.7 Å². The zero-order valence-corrected chi connectivity index (χ0v) is 10.1. The number of aromatic nitrogens is 1. The largest absolute Gasteiger partial charge is 0.542 e. The molecule has 0 aliphatic carbocycles. The Balaban J connectivity index is 2.59. The van der Waals surface area contributed by atoms with Gasteiger partial charge in [0.25, 0.3) is 5.89 Å². The molecule has 2 aromatic rings. The van der Waals surface area contributed by atoms with Crippen LogP contribution in [0, 0.1) is 0 Å². The number of hydrogen-bond acceptors (Lipinski definition) is 7. The minimum atomic E-state index is -0.876. The van der Waals surface area contributed by atoms with E-state index in [0.717, 1.165) is 0 Å². The van der Waals surface area contributed by atoms with Gasteiger partial charge in [-0.05, 0) is 17.3 Å². The van der Waals surface area contributed by atoms with Crippen molar-refractivity contribution in [3.8, 4) is 28.7 Å². The normalized spacial score (nSPS) is 10.2. The first kappa shape index (κ1) is 12.0. The van der Waals surface area contributed by atoms with Gasteiger partial charge in [-0.2, -0.15) is 0 Å². The average Bonchev–Trinajstić information content (AvgIpc) is 2.83. The molecule has 0 unspecified atom stereocenters. The molecule has 96 valence electrons. The van der Waals surface area contributed by atoms with Crippen molar-refractivity contribution in [1.29, 1.82) is 0 Å². The second kappa shape index (κ2) is 4.82. The number of rotatable bonds is 4. The lowest BCUT2D eigenvalue weighted by atomic mass is 10.2. The van der Waals surface area contributed by atoms with Gasteiger partial charge in [-0.25, -0.2) is 4.79 Å². The van der Waals surface area contributed by atoms with E-state index in [4.69, 9.17) is 18.6 Å². The Hall–Kier alpha value is -2.44. The average molecular weight is 253 g/mol. The summed E-state index contributed by atoms with van der Waals surface area (Å²) in [4.78, 5) is 10.8. The van der Waals surface area contributed by atoms with Crippen LogP contribution in [0.2, 0.25) is 0 Å². The number of nitrogens with zero attached hydrogens (tertiary/aromatic N) is 1. The van der Waals surface area contributed by atoms with Crippen LogP contribution in [0.3, 0.4) is 0 Å². The molecule has 0 amide bonds. The standard InChI is InChI=1S/C11H11NO6/c1-14-7-4-6(10-12-18-11(13)17-10)5-8(15-2)9(7)16-3/h4-5H,1-3H3. The van der Waals surface area contributed by atoms with Crippen molar-refractivity contribution in [1.82, 2.24) is 5.16 Å². The zero-order valence-electron chi connectivity index (χ0n) is 10.1. The Bertz CT molecular complexity index is 575. The smallest absolute Gasteiger partial charge is 0.493 e. The molecule has 1 aromatic carbocycles. The maximum absolute atomic E-state index is 10.8. The molecule has 0 radical (unpaired) electrons. The third kappa shape index (κ3) is 2.02. The van der Waals surface area contributed by atoms with Gasteiger partial charge in [-0.1, -0.05) is 0 Å². The van der Waals surface area contributed by atoms with Gasteiger partial charge in [0.2, 0.25) is 5.75 Å². The highest BCUT2D eigenvalue weighted by Gasteiger charge is 2.17. The van der Waals surface area contributed by atoms with E-state index < -0.39 is 5.82 Å². The first-order chi connectivity index (χ1) is 8.69. The van der Waals surface area contributed by atoms with Gasteiger partial charge in [0.15, 0.2) is 11.5 Å². The van der Waals surface area contributed by atoms with Gasteiger partial charge in [0, 0.05) is 5.56 Å². The summed E-state index contributed by atoms with van der Waals surface area (Å²) < 4.78 is 24.6. The van der Waals surface area contributed by atoms with Crippen molar-refractivity contribution < 1.29 is 23.2 Å². The summed E-state index contributed by atoms with van der Waals surface area (Å²) in [6.07, 6.45) is 0. The molecule has 7 heteroatoms. The monoisotopic (exact) mass is 253 g/mol. The molecular weight excluding hydrogens is 242 g/mol. The molecular formula is C11H11NO6. The van der Waals surface area contributed by atoms with E-state index in [9.17, 15) is 4.79 Å². The lowest BCUT2D eigenvalue weighted by Gasteiger charge is -2.12. The summed E-state index contributed by atoms with van der Waals surface area (Å²) in [6, 6.07) is 3.20. The minimum Gasteiger partial charge on any atom is -0.493 e. The van der Waals surface area contributed by atoms with Gasteiger partial charge in [0.05, 0.1) is 21.3 Å². The first-order valence-corrected chi connectivity index (χ1v) is 4.96. The van der Waals surface area contributed by atoms with Crippen molar-refractivity contribution >= 4 is 0 Å². The SMILES string of the molecule is COc1cc(-c2noc(=O)o2)cc(OC)c1OC. The minimum absolute atomic E-state index is 0.0410. The van der Waals surface area contributed by atoms with Crippen LogP contribution in [-0.2, 0) is 0 Å². The Morgan fingerprint density at radius 2 is 1.67 bits per heavy atom. The molecule has 0 saturated heterocycles. The van der Waals surface area contributed by atoms with E-state index >= 15 is 0 Å². The summed E-state index contributed by atoms with van der Waals surface area (Å²) in [5, 5.41) is 3.49. The molecule has 2 rings (SSSR count). The molecule has 0 fully saturated rings. The molecule has 7 nitrogen and oxygen atoms in total. The predicted octanol–water partition coefficient (Wildman–Crippen LogP) is 1.32. The summed E-state index contributed by atoms with van der Waals surface area (Å²) in [7, 11) is 4.47. The molecule has 0 atom stereocenters. The van der Waals surface area contributed by atoms with Crippen LogP contribution in [0.15, 0.2) is 25.9 Å². The molecule has 18 heavy (non-hydrogen) atoms. The quantitative estimate of drug-likeness (QED) is 0.812. The van der Waals surface area contributed by atoms with Gasteiger partial charge < -0.3 is 18.6 Å². The molecule has 0 saturated carbocycles. The third-order valence-electron chi connectivity index (χ3n) is 2.29. The highest BCUT2D eigenvalue weighted by atomic mass is 16.6. The van der Waals surface area contributed by atoms with E-state index in [0.29, 0.717) is 22.8 Å². The van der Waals surface area contributed by atoms with Gasteiger partial charge in [-0.3, -0.25) is 4.52 Å². The number of ether oxygens (including phenoxy) is 3. The van der Waals surface area contributed by atoms with Crippen LogP contribution in [-0.4, -0.2) is 26.5 Å². The number of methoxy groups -OCH3 is 3. The van der Waals surface area contributed by atoms with E-state index in [1.807, 2.05) is 0 Å². The second-order valence-electron chi connectivity index (χ2n) is 3.25. The van der Waals surface area contributed by atoms with E-state index in [1.54, 1.807) is 12.1 Å². The van der Waals surface area contributed by atoms with Crippen molar-refractivity contribution in [2.24, 2.45) is 0 Å². The number of hydrogen-bond donors (Lipinski definition) is 0. The van der Waals surface area contributed by atoms with Crippen LogP contribution in [0.5, 0.6) is 17.2 Å². The molecule has 0 N–H and O–H groups in total. The third-order valence-corrected chi connectivity index (χ3v) is 2.29. The van der Waals surface area contributed by atoms with Gasteiger partial charge >= 0.3 is 5.82 Å². The Kier molecular flexibility index (Phi) is 3.22. The lowest BCUT2D eigenvalue weighted by Crippen LogP contribution is -1.95. The Labute approximate surface area is 102 Å². The van der Waals surface area contributed by atoms with Gasteiger partial charge in [0.1, 0.15) is 0 Å². The molecule has 0 spiro atoms. The highest BCUT2D eigenvalue weighted by molar-refractivity contribution is 5.65. The zero-order chi connectivity index (χ0) is 13.1. The summed E-state index contributed by atoms with van der Waals surface area (Å²) >= 11 is 0. The van der Waals surface area contributed by atoms with E-state index in [2.05, 4.69) is 9.68 Å². The molecule has 0 aliphatic rings. The Morgan fingerprint density at radius 1 is 1.06 bits per heavy atom.